The van der Waals surface area contributed by atoms with Gasteiger partial charge in [0.15, 0.2) is 0 Å². The minimum Gasteiger partial charge on any atom is -0.493 e. The van der Waals surface area contributed by atoms with Crippen LogP contribution in [0, 0.1) is 11.3 Å². The van der Waals surface area contributed by atoms with E-state index in [0.717, 1.165) is 96.2 Å². The van der Waals surface area contributed by atoms with Crippen molar-refractivity contribution in [2.75, 3.05) is 64.0 Å². The molecule has 3 aliphatic rings. The minimum absolute atomic E-state index is 0.180. The second kappa shape index (κ2) is 17.7. The first-order valence-electron chi connectivity index (χ1n) is 16.2. The van der Waals surface area contributed by atoms with E-state index in [4.69, 9.17) is 29.3 Å². The predicted octanol–water partition coefficient (Wildman–Crippen LogP) is 5.95. The lowest BCUT2D eigenvalue weighted by Gasteiger charge is -2.39. The summed E-state index contributed by atoms with van der Waals surface area (Å²) < 4.78 is 75.0. The van der Waals surface area contributed by atoms with E-state index in [9.17, 15) is 31.1 Å². The highest BCUT2D eigenvalue weighted by Gasteiger charge is 2.42. The molecule has 1 amide bonds. The Morgan fingerprint density at radius 3 is 1.86 bits per heavy atom. The normalized spacial score (nSPS) is 17.8. The monoisotopic (exact) mass is 719 g/mol. The summed E-state index contributed by atoms with van der Waals surface area (Å²) in [6.07, 6.45) is -6.74. The van der Waals surface area contributed by atoms with Gasteiger partial charge in [-0.15, -0.1) is 0 Å². The molecule has 3 aliphatic heterocycles. The molecule has 278 valence electrons. The van der Waals surface area contributed by atoms with Crippen molar-refractivity contribution in [3.63, 3.8) is 0 Å². The van der Waals surface area contributed by atoms with E-state index in [-0.39, 0.29) is 11.3 Å². The minimum atomic E-state index is -5.08. The van der Waals surface area contributed by atoms with E-state index in [0.29, 0.717) is 5.92 Å². The molecule has 0 bridgehead atoms. The van der Waals surface area contributed by atoms with Crippen molar-refractivity contribution in [3.05, 3.63) is 59.7 Å². The number of alkyl halides is 6. The number of rotatable bonds is 7. The first-order chi connectivity index (χ1) is 23.4. The molecular weight excluding hydrogens is 676 g/mol. The quantitative estimate of drug-likeness (QED) is 0.335. The fraction of sp³-hybridized carbons (Fsp3) is 0.559. The Hall–Kier alpha value is -4.05. The molecule has 3 saturated heterocycles. The van der Waals surface area contributed by atoms with Crippen LogP contribution in [0.4, 0.5) is 32.0 Å². The van der Waals surface area contributed by atoms with Crippen molar-refractivity contribution in [2.24, 2.45) is 11.3 Å². The third-order valence-electron chi connectivity index (χ3n) is 8.56. The van der Waals surface area contributed by atoms with Gasteiger partial charge in [-0.25, -0.2) is 9.59 Å². The van der Waals surface area contributed by atoms with Crippen LogP contribution in [0.5, 0.6) is 5.75 Å². The number of carboxylic acid groups (broad SMARTS) is 2. The number of amides is 1. The SMILES string of the molecule is CC(C)COc1ccccc1CN1CCC2(CC1)CCN(C(=O)c1ccc(N3CCOCC3)cc1)C2.O=C(O)C(F)(F)F.O=C(O)C(F)(F)F. The van der Waals surface area contributed by atoms with Crippen molar-refractivity contribution in [1.29, 1.82) is 0 Å². The molecule has 5 rings (SSSR count). The van der Waals surface area contributed by atoms with Gasteiger partial charge in [-0.1, -0.05) is 32.0 Å². The fourth-order valence-electron chi connectivity index (χ4n) is 5.79. The van der Waals surface area contributed by atoms with Gasteiger partial charge in [0.05, 0.1) is 19.8 Å². The van der Waals surface area contributed by atoms with E-state index in [1.54, 1.807) is 0 Å². The number of para-hydroxylation sites is 1. The molecule has 0 aromatic heterocycles. The molecule has 1 spiro atoms. The second-order valence-electron chi connectivity index (χ2n) is 12.8. The van der Waals surface area contributed by atoms with E-state index in [2.05, 4.69) is 64.9 Å². The lowest BCUT2D eigenvalue weighted by atomic mass is 9.77. The third-order valence-corrected chi connectivity index (χ3v) is 8.56. The third kappa shape index (κ3) is 12.4. The zero-order chi connectivity index (χ0) is 37.1. The highest BCUT2D eigenvalue weighted by Crippen LogP contribution is 2.41. The summed E-state index contributed by atoms with van der Waals surface area (Å²) in [7, 11) is 0. The first kappa shape index (κ1) is 40.4. The molecule has 3 heterocycles. The zero-order valence-electron chi connectivity index (χ0n) is 27.9. The van der Waals surface area contributed by atoms with Gasteiger partial charge >= 0.3 is 24.3 Å². The number of nitrogens with zero attached hydrogens (tertiary/aromatic N) is 3. The van der Waals surface area contributed by atoms with Gasteiger partial charge in [0, 0.05) is 49.5 Å². The molecule has 16 heteroatoms. The maximum absolute atomic E-state index is 13.3. The number of ether oxygens (including phenoxy) is 2. The molecule has 0 unspecified atom stereocenters. The molecule has 0 saturated carbocycles. The van der Waals surface area contributed by atoms with Crippen molar-refractivity contribution < 1.29 is 60.4 Å². The largest absolute Gasteiger partial charge is 0.493 e. The number of halogens is 6. The number of morpholine rings is 1. The topological polar surface area (TPSA) is 120 Å². The Morgan fingerprint density at radius 1 is 0.820 bits per heavy atom. The Bertz CT molecular complexity index is 1380. The lowest BCUT2D eigenvalue weighted by molar-refractivity contribution is -0.193. The molecule has 0 atom stereocenters. The van der Waals surface area contributed by atoms with Crippen molar-refractivity contribution in [2.45, 2.75) is 52.0 Å². The van der Waals surface area contributed by atoms with Crippen molar-refractivity contribution in [3.8, 4) is 5.75 Å². The van der Waals surface area contributed by atoms with Crippen LogP contribution >= 0.6 is 0 Å². The molecule has 3 fully saturated rings. The highest BCUT2D eigenvalue weighted by molar-refractivity contribution is 5.94. The van der Waals surface area contributed by atoms with Crippen LogP contribution in [0.1, 0.15) is 49.0 Å². The molecular formula is C34H43F6N3O7. The summed E-state index contributed by atoms with van der Waals surface area (Å²) in [5.74, 6) is -3.80. The molecule has 2 aromatic carbocycles. The van der Waals surface area contributed by atoms with Crippen molar-refractivity contribution in [1.82, 2.24) is 9.80 Å². The standard InChI is InChI=1S/C30H41N3O3.2C2HF3O2/c1-24(2)22-36-28-6-4-3-5-26(28)21-31-14-11-30(12-15-31)13-16-33(23-30)29(34)25-7-9-27(10-8-25)32-17-19-35-20-18-32;2*3-2(4,5)1(6)7/h3-10,24H,11-23H2,1-2H3;2*(H,6,7). The van der Waals surface area contributed by atoms with Crippen LogP contribution in [-0.4, -0.2) is 109 Å². The number of piperidine rings is 1. The molecule has 10 nitrogen and oxygen atoms in total. The molecule has 0 radical (unpaired) electrons. The van der Waals surface area contributed by atoms with Crippen LogP contribution in [0.3, 0.4) is 0 Å². The number of likely N-dealkylation sites (tertiary alicyclic amines) is 2. The van der Waals surface area contributed by atoms with Gasteiger partial charge in [0.25, 0.3) is 5.91 Å². The van der Waals surface area contributed by atoms with Gasteiger partial charge in [0.2, 0.25) is 0 Å². The van der Waals surface area contributed by atoms with Gasteiger partial charge in [-0.3, -0.25) is 9.69 Å². The fourth-order valence-corrected chi connectivity index (χ4v) is 5.79. The molecule has 0 aliphatic carbocycles. The van der Waals surface area contributed by atoms with Crippen molar-refractivity contribution >= 4 is 23.5 Å². The van der Waals surface area contributed by atoms with E-state index < -0.39 is 24.3 Å². The Kier molecular flexibility index (Phi) is 14.3. The smallest absolute Gasteiger partial charge is 0.490 e. The van der Waals surface area contributed by atoms with E-state index in [1.165, 1.54) is 11.3 Å². The van der Waals surface area contributed by atoms with E-state index in [1.807, 2.05) is 12.1 Å². The maximum atomic E-state index is 13.3. The summed E-state index contributed by atoms with van der Waals surface area (Å²) in [6.45, 7) is 13.3. The Labute approximate surface area is 286 Å². The van der Waals surface area contributed by atoms with Gasteiger partial charge < -0.3 is 29.5 Å². The van der Waals surface area contributed by atoms with Crippen LogP contribution < -0.4 is 9.64 Å². The average Bonchev–Trinajstić information content (AvgIpc) is 3.48. The number of benzene rings is 2. The highest BCUT2D eigenvalue weighted by atomic mass is 19.4. The summed E-state index contributed by atoms with van der Waals surface area (Å²) in [4.78, 5) is 38.0. The maximum Gasteiger partial charge on any atom is 0.490 e. The van der Waals surface area contributed by atoms with Gasteiger partial charge in [-0.05, 0) is 74.0 Å². The molecule has 2 N–H and O–H groups in total. The number of carbonyl (C=O) groups excluding carboxylic acids is 1. The molecule has 50 heavy (non-hydrogen) atoms. The number of anilines is 1. The van der Waals surface area contributed by atoms with Gasteiger partial charge in [0.1, 0.15) is 5.75 Å². The summed E-state index contributed by atoms with van der Waals surface area (Å²) in [5, 5.41) is 14.2. The van der Waals surface area contributed by atoms with Crippen LogP contribution in [0.25, 0.3) is 0 Å². The Balaban J connectivity index is 0.000000408. The van der Waals surface area contributed by atoms with Crippen LogP contribution in [0.15, 0.2) is 48.5 Å². The summed E-state index contributed by atoms with van der Waals surface area (Å²) in [6, 6.07) is 16.6. The van der Waals surface area contributed by atoms with Crippen LogP contribution in [-0.2, 0) is 20.9 Å². The average molecular weight is 720 g/mol. The van der Waals surface area contributed by atoms with Crippen LogP contribution in [0.2, 0.25) is 0 Å². The van der Waals surface area contributed by atoms with E-state index >= 15 is 0 Å². The number of carbonyl (C=O) groups is 3. The second-order valence-corrected chi connectivity index (χ2v) is 12.8. The number of hydrogen-bond donors (Lipinski definition) is 2. The lowest BCUT2D eigenvalue weighted by Crippen LogP contribution is -2.42. The predicted molar refractivity (Wildman–Crippen MR) is 171 cm³/mol. The number of hydrogen-bond acceptors (Lipinski definition) is 7. The summed E-state index contributed by atoms with van der Waals surface area (Å²) >= 11 is 0. The number of aliphatic carboxylic acids is 2. The Morgan fingerprint density at radius 2 is 1.34 bits per heavy atom. The van der Waals surface area contributed by atoms with Gasteiger partial charge in [-0.2, -0.15) is 26.3 Å². The molecule has 2 aromatic rings. The first-order valence-corrected chi connectivity index (χ1v) is 16.2. The number of carboxylic acids is 2. The zero-order valence-corrected chi connectivity index (χ0v) is 27.9. The summed E-state index contributed by atoms with van der Waals surface area (Å²) in [5.41, 5.74) is 3.53.